The van der Waals surface area contributed by atoms with E-state index in [0.29, 0.717) is 39.8 Å². The van der Waals surface area contributed by atoms with Crippen molar-refractivity contribution in [1.29, 1.82) is 0 Å². The fourth-order valence-corrected chi connectivity index (χ4v) is 5.28. The van der Waals surface area contributed by atoms with Crippen molar-refractivity contribution in [3.8, 4) is 23.0 Å². The fourth-order valence-electron chi connectivity index (χ4n) is 4.47. The van der Waals surface area contributed by atoms with Gasteiger partial charge >= 0.3 is 0 Å². The first-order chi connectivity index (χ1) is 18.9. The molecule has 0 aliphatic carbocycles. The van der Waals surface area contributed by atoms with E-state index in [2.05, 4.69) is 32.7 Å². The molecule has 0 saturated heterocycles. The van der Waals surface area contributed by atoms with E-state index in [1.165, 1.54) is 20.4 Å². The number of carbonyl (C=O) groups excluding carboxylic acids is 1. The summed E-state index contributed by atoms with van der Waals surface area (Å²) >= 11 is 1.31. The van der Waals surface area contributed by atoms with Crippen molar-refractivity contribution in [2.45, 2.75) is 13.0 Å². The van der Waals surface area contributed by atoms with E-state index in [1.807, 2.05) is 43.5 Å². The number of amides is 1. The lowest BCUT2D eigenvalue weighted by Crippen LogP contribution is -2.31. The smallest absolute Gasteiger partial charge is 0.267 e. The van der Waals surface area contributed by atoms with Gasteiger partial charge in [-0.15, -0.1) is 16.4 Å². The molecule has 0 spiro atoms. The van der Waals surface area contributed by atoms with Gasteiger partial charge in [0.05, 0.1) is 29.1 Å². The van der Waals surface area contributed by atoms with Gasteiger partial charge in [0.2, 0.25) is 0 Å². The number of fused-ring (bicyclic) bond motifs is 2. The number of hydrogen-bond donors (Lipinski definition) is 3. The number of benzene rings is 1. The van der Waals surface area contributed by atoms with Crippen LogP contribution in [0.1, 0.15) is 40.3 Å². The van der Waals surface area contributed by atoms with Crippen LogP contribution < -0.4 is 21.9 Å². The molecule has 5 aromatic rings. The Balaban J connectivity index is 1.43. The molecule has 0 bridgehead atoms. The summed E-state index contributed by atoms with van der Waals surface area (Å²) in [5, 5.41) is 16.2. The zero-order chi connectivity index (χ0) is 27.1. The van der Waals surface area contributed by atoms with Gasteiger partial charge in [-0.1, -0.05) is 36.3 Å². The third-order valence-corrected chi connectivity index (χ3v) is 7.08. The van der Waals surface area contributed by atoms with Crippen LogP contribution in [0.3, 0.4) is 0 Å². The van der Waals surface area contributed by atoms with Crippen molar-refractivity contribution in [2.75, 3.05) is 17.6 Å². The molecule has 12 heteroatoms. The Morgan fingerprint density at radius 1 is 1.26 bits per heavy atom. The molecule has 0 saturated carbocycles. The zero-order valence-corrected chi connectivity index (χ0v) is 21.9. The van der Waals surface area contributed by atoms with Gasteiger partial charge in [-0.25, -0.2) is 14.1 Å². The summed E-state index contributed by atoms with van der Waals surface area (Å²) in [7, 11) is 1.82. The topological polar surface area (TPSA) is 137 Å². The van der Waals surface area contributed by atoms with Crippen LogP contribution in [0.15, 0.2) is 59.0 Å². The monoisotopic (exact) mass is 537 g/mol. The maximum absolute atomic E-state index is 14.0. The molecule has 0 radical (unpaired) electrons. The summed E-state index contributed by atoms with van der Waals surface area (Å²) in [6.45, 7) is 2.34. The van der Waals surface area contributed by atoms with Crippen molar-refractivity contribution < 1.29 is 4.79 Å². The molecule has 5 heterocycles. The number of anilines is 2. The third-order valence-electron chi connectivity index (χ3n) is 6.26. The van der Waals surface area contributed by atoms with Crippen LogP contribution in [0, 0.1) is 11.8 Å². The Bertz CT molecular complexity index is 1880. The highest BCUT2D eigenvalue weighted by molar-refractivity contribution is 7.15. The number of thiazole rings is 1. The number of hydrogen-bond acceptors (Lipinski definition) is 8. The average molecular weight is 538 g/mol. The summed E-state index contributed by atoms with van der Waals surface area (Å²) in [5.41, 5.74) is 8.83. The molecular weight excluding hydrogens is 514 g/mol. The summed E-state index contributed by atoms with van der Waals surface area (Å²) < 4.78 is 4.71. The minimum Gasteiger partial charge on any atom is -0.381 e. The number of carbonyl (C=O) groups is 1. The quantitative estimate of drug-likeness (QED) is 0.300. The van der Waals surface area contributed by atoms with E-state index >= 15 is 0 Å². The summed E-state index contributed by atoms with van der Waals surface area (Å²) in [4.78, 5) is 32.7. The molecule has 1 aliphatic heterocycles. The second kappa shape index (κ2) is 9.62. The molecular formula is C27H23N9O2S. The first-order valence-electron chi connectivity index (χ1n) is 12.1. The maximum atomic E-state index is 14.0. The van der Waals surface area contributed by atoms with E-state index in [-0.39, 0.29) is 16.9 Å². The second-order valence-corrected chi connectivity index (χ2v) is 9.79. The Hall–Kier alpha value is -5.15. The van der Waals surface area contributed by atoms with Gasteiger partial charge in [-0.2, -0.15) is 5.10 Å². The highest BCUT2D eigenvalue weighted by Crippen LogP contribution is 2.28. The van der Waals surface area contributed by atoms with Crippen LogP contribution >= 0.6 is 11.3 Å². The number of aromatic nitrogens is 6. The summed E-state index contributed by atoms with van der Waals surface area (Å²) in [5.74, 6) is 6.34. The maximum Gasteiger partial charge on any atom is 0.267 e. The number of nitrogens with zero attached hydrogens (tertiary/aromatic N) is 6. The molecule has 0 fully saturated rings. The van der Waals surface area contributed by atoms with Gasteiger partial charge in [0.15, 0.2) is 10.8 Å². The van der Waals surface area contributed by atoms with Gasteiger partial charge in [-0.05, 0) is 24.5 Å². The SMILES string of the molecule is CC(NC(=O)c1c(N)nn2c1NCC=C2)c1nc2scc(C#Cc3cnn(C)c3)n2c(=O)c1-c1ccccc1. The number of nitrogens with one attached hydrogen (secondary N) is 2. The molecule has 6 rings (SSSR count). The van der Waals surface area contributed by atoms with E-state index in [1.54, 1.807) is 35.6 Å². The predicted molar refractivity (Wildman–Crippen MR) is 150 cm³/mol. The Labute approximate surface area is 226 Å². The fraction of sp³-hybridized carbons (Fsp3) is 0.148. The van der Waals surface area contributed by atoms with Crippen molar-refractivity contribution in [2.24, 2.45) is 7.05 Å². The molecule has 1 amide bonds. The molecule has 4 N–H and O–H groups in total. The number of rotatable bonds is 4. The van der Waals surface area contributed by atoms with Crippen LogP contribution in [0.2, 0.25) is 0 Å². The lowest BCUT2D eigenvalue weighted by molar-refractivity contribution is 0.0941. The van der Waals surface area contributed by atoms with Gasteiger partial charge < -0.3 is 16.4 Å². The zero-order valence-electron chi connectivity index (χ0n) is 21.0. The largest absolute Gasteiger partial charge is 0.381 e. The van der Waals surface area contributed by atoms with E-state index in [9.17, 15) is 9.59 Å². The molecule has 1 aliphatic rings. The van der Waals surface area contributed by atoms with Crippen LogP contribution in [-0.2, 0) is 7.05 Å². The molecule has 39 heavy (non-hydrogen) atoms. The average Bonchev–Trinajstić information content (AvgIpc) is 3.63. The van der Waals surface area contributed by atoms with Crippen molar-refractivity contribution in [1.82, 2.24) is 34.3 Å². The Kier molecular flexibility index (Phi) is 5.97. The molecule has 1 aromatic carbocycles. The van der Waals surface area contributed by atoms with Crippen molar-refractivity contribution in [3.05, 3.63) is 87.1 Å². The Morgan fingerprint density at radius 2 is 2.08 bits per heavy atom. The lowest BCUT2D eigenvalue weighted by atomic mass is 10.0. The van der Waals surface area contributed by atoms with E-state index < -0.39 is 11.9 Å². The van der Waals surface area contributed by atoms with Gasteiger partial charge in [0.1, 0.15) is 17.1 Å². The van der Waals surface area contributed by atoms with Crippen LogP contribution in [0.5, 0.6) is 0 Å². The number of nitrogen functional groups attached to an aromatic ring is 1. The molecule has 194 valence electrons. The molecule has 11 nitrogen and oxygen atoms in total. The Morgan fingerprint density at radius 3 is 2.85 bits per heavy atom. The molecule has 4 aromatic heterocycles. The first kappa shape index (κ1) is 24.2. The van der Waals surface area contributed by atoms with Crippen LogP contribution in [0.25, 0.3) is 22.3 Å². The highest BCUT2D eigenvalue weighted by atomic mass is 32.1. The van der Waals surface area contributed by atoms with Gasteiger partial charge in [0.25, 0.3) is 11.5 Å². The summed E-state index contributed by atoms with van der Waals surface area (Å²) in [6, 6.07) is 8.66. The third kappa shape index (κ3) is 4.34. The number of aryl methyl sites for hydroxylation is 1. The molecule has 1 atom stereocenters. The number of nitrogens with two attached hydrogens (primary N) is 1. The van der Waals surface area contributed by atoms with Gasteiger partial charge in [-0.3, -0.25) is 14.3 Å². The van der Waals surface area contributed by atoms with Gasteiger partial charge in [0, 0.05) is 31.4 Å². The molecule has 1 unspecified atom stereocenters. The van der Waals surface area contributed by atoms with Crippen molar-refractivity contribution in [3.63, 3.8) is 0 Å². The standard InChI is InChI=1S/C27H23N9O2S/c1-16(31-25(37)21-23(28)33-35-12-6-11-29-24(21)35)22-20(18-7-4-3-5-8-18)26(38)36-19(15-39-27(36)32-22)10-9-17-13-30-34(2)14-17/h3-8,12-16,29H,11H2,1-2H3,(H2,28,33)(H,31,37). The van der Waals surface area contributed by atoms with Crippen LogP contribution in [-0.4, -0.2) is 41.4 Å². The summed E-state index contributed by atoms with van der Waals surface area (Å²) in [6.07, 6.45) is 7.09. The lowest BCUT2D eigenvalue weighted by Gasteiger charge is -2.18. The normalized spacial score (nSPS) is 12.9. The minimum atomic E-state index is -0.619. The van der Waals surface area contributed by atoms with Crippen LogP contribution in [0.4, 0.5) is 11.6 Å². The first-order valence-corrected chi connectivity index (χ1v) is 13.0. The minimum absolute atomic E-state index is 0.107. The van der Waals surface area contributed by atoms with E-state index in [4.69, 9.17) is 10.7 Å². The van der Waals surface area contributed by atoms with E-state index in [0.717, 1.165) is 5.56 Å². The highest BCUT2D eigenvalue weighted by Gasteiger charge is 2.27. The predicted octanol–water partition coefficient (Wildman–Crippen LogP) is 2.72. The van der Waals surface area contributed by atoms with Crippen molar-refractivity contribution >= 4 is 40.0 Å². The second-order valence-electron chi connectivity index (χ2n) is 8.95.